The highest BCUT2D eigenvalue weighted by molar-refractivity contribution is 7.99. The van der Waals surface area contributed by atoms with Crippen molar-refractivity contribution in [1.29, 1.82) is 0 Å². The third kappa shape index (κ3) is 10.3. The molecule has 0 aliphatic rings. The van der Waals surface area contributed by atoms with Crippen molar-refractivity contribution in [1.82, 2.24) is 0 Å². The van der Waals surface area contributed by atoms with E-state index in [9.17, 15) is 0 Å². The molecule has 0 aliphatic heterocycles. The van der Waals surface area contributed by atoms with Gasteiger partial charge in [-0.2, -0.15) is 11.8 Å². The van der Waals surface area contributed by atoms with Gasteiger partial charge in [-0.3, -0.25) is 0 Å². The average molecular weight is 192 g/mol. The summed E-state index contributed by atoms with van der Waals surface area (Å²) in [7, 11) is 0. The Morgan fingerprint density at radius 3 is 2.67 bits per heavy atom. The van der Waals surface area contributed by atoms with E-state index < -0.39 is 0 Å². The summed E-state index contributed by atoms with van der Waals surface area (Å²) in [6.07, 6.45) is 3.28. The molecule has 0 saturated carbocycles. The molecule has 0 unspecified atom stereocenters. The first-order valence-electron chi connectivity index (χ1n) is 4.68. The van der Waals surface area contributed by atoms with Crippen LogP contribution >= 0.6 is 11.8 Å². The molecule has 3 heteroatoms. The zero-order valence-electron chi connectivity index (χ0n) is 7.92. The fourth-order valence-corrected chi connectivity index (χ4v) is 1.51. The Labute approximate surface area is 79.7 Å². The maximum Gasteiger partial charge on any atom is 0.0556 e. The van der Waals surface area contributed by atoms with Crippen molar-refractivity contribution in [2.24, 2.45) is 0 Å². The minimum atomic E-state index is 0.309. The van der Waals surface area contributed by atoms with Crippen LogP contribution in [0.4, 0.5) is 0 Å². The van der Waals surface area contributed by atoms with E-state index in [-0.39, 0.29) is 0 Å². The van der Waals surface area contributed by atoms with Crippen molar-refractivity contribution in [3.63, 3.8) is 0 Å². The lowest BCUT2D eigenvalue weighted by atomic mass is 10.4. The van der Waals surface area contributed by atoms with Crippen LogP contribution in [0.3, 0.4) is 0 Å². The highest BCUT2D eigenvalue weighted by Gasteiger charge is 1.89. The van der Waals surface area contributed by atoms with Gasteiger partial charge in [0.25, 0.3) is 0 Å². The van der Waals surface area contributed by atoms with Gasteiger partial charge in [0.05, 0.1) is 6.61 Å². The maximum atomic E-state index is 8.49. The second kappa shape index (κ2) is 11.3. The SMILES string of the molecule is CCCCOCCSCCCO. The van der Waals surface area contributed by atoms with Gasteiger partial charge in [-0.25, -0.2) is 0 Å². The smallest absolute Gasteiger partial charge is 0.0556 e. The molecule has 0 radical (unpaired) electrons. The summed E-state index contributed by atoms with van der Waals surface area (Å²) in [5.74, 6) is 2.11. The summed E-state index contributed by atoms with van der Waals surface area (Å²) in [4.78, 5) is 0. The van der Waals surface area contributed by atoms with Gasteiger partial charge < -0.3 is 9.84 Å². The summed E-state index contributed by atoms with van der Waals surface area (Å²) in [5.41, 5.74) is 0. The van der Waals surface area contributed by atoms with Crippen LogP contribution in [0.2, 0.25) is 0 Å². The zero-order chi connectivity index (χ0) is 9.07. The summed E-state index contributed by atoms with van der Waals surface area (Å²) in [6, 6.07) is 0. The Morgan fingerprint density at radius 1 is 1.17 bits per heavy atom. The van der Waals surface area contributed by atoms with Gasteiger partial charge in [0.15, 0.2) is 0 Å². The molecule has 0 aromatic heterocycles. The fraction of sp³-hybridized carbons (Fsp3) is 1.00. The molecule has 0 aromatic carbocycles. The van der Waals surface area contributed by atoms with E-state index in [1.54, 1.807) is 0 Å². The highest BCUT2D eigenvalue weighted by atomic mass is 32.2. The highest BCUT2D eigenvalue weighted by Crippen LogP contribution is 2.01. The molecule has 0 amide bonds. The third-order valence-electron chi connectivity index (χ3n) is 1.46. The number of aliphatic hydroxyl groups is 1. The lowest BCUT2D eigenvalue weighted by molar-refractivity contribution is 0.147. The monoisotopic (exact) mass is 192 g/mol. The minimum absolute atomic E-state index is 0.309. The Morgan fingerprint density at radius 2 is 2.00 bits per heavy atom. The molecular weight excluding hydrogens is 172 g/mol. The van der Waals surface area contributed by atoms with Crippen LogP contribution in [-0.4, -0.2) is 36.4 Å². The molecule has 0 saturated heterocycles. The summed E-state index contributed by atoms with van der Waals surface area (Å²) >= 11 is 1.85. The fourth-order valence-electron chi connectivity index (χ4n) is 0.735. The van der Waals surface area contributed by atoms with Crippen molar-refractivity contribution >= 4 is 11.8 Å². The second-order valence-electron chi connectivity index (χ2n) is 2.66. The molecule has 2 nitrogen and oxygen atoms in total. The second-order valence-corrected chi connectivity index (χ2v) is 3.88. The molecule has 1 N–H and O–H groups in total. The lowest BCUT2D eigenvalue weighted by Crippen LogP contribution is -1.99. The zero-order valence-corrected chi connectivity index (χ0v) is 8.74. The number of hydrogen-bond donors (Lipinski definition) is 1. The Balaban J connectivity index is 2.73. The Kier molecular flexibility index (Phi) is 11.5. The van der Waals surface area contributed by atoms with E-state index in [2.05, 4.69) is 6.92 Å². The van der Waals surface area contributed by atoms with E-state index in [0.717, 1.165) is 31.1 Å². The lowest BCUT2D eigenvalue weighted by Gasteiger charge is -2.02. The predicted octanol–water partition coefficient (Wildman–Crippen LogP) is 1.92. The first kappa shape index (κ1) is 12.3. The van der Waals surface area contributed by atoms with Crippen molar-refractivity contribution in [2.45, 2.75) is 26.2 Å². The average Bonchev–Trinajstić information content (AvgIpc) is 2.10. The van der Waals surface area contributed by atoms with Gasteiger partial charge in [0.2, 0.25) is 0 Å². The normalized spacial score (nSPS) is 10.5. The summed E-state index contributed by atoms with van der Waals surface area (Å²) < 4.78 is 5.37. The van der Waals surface area contributed by atoms with E-state index in [1.807, 2.05) is 11.8 Å². The van der Waals surface area contributed by atoms with Crippen LogP contribution in [0, 0.1) is 0 Å². The van der Waals surface area contributed by atoms with Gasteiger partial charge in [-0.15, -0.1) is 0 Å². The van der Waals surface area contributed by atoms with E-state index in [0.29, 0.717) is 6.61 Å². The first-order chi connectivity index (χ1) is 5.91. The molecule has 0 rings (SSSR count). The van der Waals surface area contributed by atoms with E-state index >= 15 is 0 Å². The molecule has 0 spiro atoms. The third-order valence-corrected chi connectivity index (χ3v) is 2.49. The molecule has 0 fully saturated rings. The standard InChI is InChI=1S/C9H20O2S/c1-2-3-6-11-7-9-12-8-4-5-10/h10H,2-9H2,1H3. The van der Waals surface area contributed by atoms with Gasteiger partial charge in [0, 0.05) is 19.0 Å². The van der Waals surface area contributed by atoms with Gasteiger partial charge in [-0.1, -0.05) is 13.3 Å². The van der Waals surface area contributed by atoms with Crippen molar-refractivity contribution in [3.05, 3.63) is 0 Å². The van der Waals surface area contributed by atoms with Gasteiger partial charge in [-0.05, 0) is 18.6 Å². The number of rotatable bonds is 9. The molecule has 0 aliphatic carbocycles. The van der Waals surface area contributed by atoms with Crippen LogP contribution in [0.5, 0.6) is 0 Å². The topological polar surface area (TPSA) is 29.5 Å². The first-order valence-corrected chi connectivity index (χ1v) is 5.83. The molecule has 12 heavy (non-hydrogen) atoms. The summed E-state index contributed by atoms with van der Waals surface area (Å²) in [5, 5.41) is 8.49. The number of aliphatic hydroxyl groups excluding tert-OH is 1. The molecule has 74 valence electrons. The number of hydrogen-bond acceptors (Lipinski definition) is 3. The van der Waals surface area contributed by atoms with Gasteiger partial charge >= 0.3 is 0 Å². The number of ether oxygens (including phenoxy) is 1. The van der Waals surface area contributed by atoms with Crippen LogP contribution in [0.1, 0.15) is 26.2 Å². The largest absolute Gasteiger partial charge is 0.396 e. The van der Waals surface area contributed by atoms with E-state index in [4.69, 9.17) is 9.84 Å². The molecule has 0 aromatic rings. The molecule has 0 heterocycles. The van der Waals surface area contributed by atoms with E-state index in [1.165, 1.54) is 12.8 Å². The number of thioether (sulfide) groups is 1. The predicted molar refractivity (Wildman–Crippen MR) is 54.8 cm³/mol. The van der Waals surface area contributed by atoms with Gasteiger partial charge in [0.1, 0.15) is 0 Å². The number of unbranched alkanes of at least 4 members (excludes halogenated alkanes) is 1. The summed E-state index contributed by atoms with van der Waals surface area (Å²) in [6.45, 7) is 4.23. The van der Waals surface area contributed by atoms with Crippen molar-refractivity contribution in [2.75, 3.05) is 31.3 Å². The van der Waals surface area contributed by atoms with Crippen molar-refractivity contribution in [3.8, 4) is 0 Å². The van der Waals surface area contributed by atoms with Crippen LogP contribution in [0.15, 0.2) is 0 Å². The minimum Gasteiger partial charge on any atom is -0.396 e. The Bertz CT molecular complexity index is 68.9. The maximum absolute atomic E-state index is 8.49. The molecular formula is C9H20O2S. The van der Waals surface area contributed by atoms with Crippen molar-refractivity contribution < 1.29 is 9.84 Å². The van der Waals surface area contributed by atoms with Crippen LogP contribution in [0.25, 0.3) is 0 Å². The molecule has 0 bridgehead atoms. The Hall–Kier alpha value is 0.270. The quantitative estimate of drug-likeness (QED) is 0.566. The van der Waals surface area contributed by atoms with Crippen LogP contribution < -0.4 is 0 Å². The van der Waals surface area contributed by atoms with Crippen LogP contribution in [-0.2, 0) is 4.74 Å². The molecule has 0 atom stereocenters.